The van der Waals surface area contributed by atoms with Crippen molar-refractivity contribution in [2.45, 2.75) is 18.7 Å². The predicted octanol–water partition coefficient (Wildman–Crippen LogP) is 3.47. The van der Waals surface area contributed by atoms with Crippen molar-refractivity contribution < 1.29 is 41.3 Å². The number of ether oxygens (including phenoxy) is 2. The van der Waals surface area contributed by atoms with Crippen LogP contribution in [0.5, 0.6) is 11.5 Å². The van der Waals surface area contributed by atoms with E-state index in [0.717, 1.165) is 4.90 Å². The fourth-order valence-electron chi connectivity index (χ4n) is 3.92. The molecule has 2 fully saturated rings. The second-order valence-corrected chi connectivity index (χ2v) is 12.2. The number of morpholine rings is 1. The maximum Gasteiger partial charge on any atom is 0.339 e. The summed E-state index contributed by atoms with van der Waals surface area (Å²) in [6, 6.07) is 8.44. The standard InChI is InChI=1S/C26H26BrN3O9S2/c1-3-38-21-13-17(14-22-25(33)30(26(34)40-22)15-23(32)29-8-10-37-11-9-29)12-20(27)24(21)39-41(35,36)19-6-4-18(5-7-19)28-16(2)31/h4-7,12-14H,3,8-11,15H2,1-2H3,(H,28,31)/b22-14-. The largest absolute Gasteiger partial charge is 0.490 e. The first kappa shape index (κ1) is 30.6. The first-order chi connectivity index (χ1) is 19.5. The van der Waals surface area contributed by atoms with Crippen molar-refractivity contribution in [3.8, 4) is 11.5 Å². The number of benzene rings is 2. The Balaban J connectivity index is 1.55. The first-order valence-corrected chi connectivity index (χ1v) is 15.4. The van der Waals surface area contributed by atoms with Gasteiger partial charge in [0, 0.05) is 25.7 Å². The second-order valence-electron chi connectivity index (χ2n) is 8.77. The summed E-state index contributed by atoms with van der Waals surface area (Å²) in [5, 5.41) is 1.99. The van der Waals surface area contributed by atoms with E-state index in [4.69, 9.17) is 13.7 Å². The van der Waals surface area contributed by atoms with Gasteiger partial charge in [-0.2, -0.15) is 8.42 Å². The number of thioether (sulfide) groups is 1. The molecule has 218 valence electrons. The maximum atomic E-state index is 13.0. The third-order valence-corrected chi connectivity index (χ3v) is 8.55. The number of nitrogens with one attached hydrogen (secondary N) is 1. The molecule has 0 saturated carbocycles. The monoisotopic (exact) mass is 667 g/mol. The van der Waals surface area contributed by atoms with Crippen LogP contribution < -0.4 is 14.2 Å². The van der Waals surface area contributed by atoms with Crippen molar-refractivity contribution in [2.75, 3.05) is 44.8 Å². The Kier molecular flexibility index (Phi) is 9.73. The average molecular weight is 669 g/mol. The molecule has 2 heterocycles. The van der Waals surface area contributed by atoms with Crippen LogP contribution in [-0.2, 0) is 29.2 Å². The van der Waals surface area contributed by atoms with Crippen molar-refractivity contribution in [1.82, 2.24) is 9.80 Å². The van der Waals surface area contributed by atoms with Crippen LogP contribution in [0, 0.1) is 0 Å². The summed E-state index contributed by atoms with van der Waals surface area (Å²) < 4.78 is 42.5. The Hall–Kier alpha value is -3.40. The fourth-order valence-corrected chi connectivity index (χ4v) is 6.36. The van der Waals surface area contributed by atoms with E-state index < -0.39 is 21.3 Å². The van der Waals surface area contributed by atoms with Crippen molar-refractivity contribution in [3.05, 3.63) is 51.3 Å². The molecule has 0 aliphatic carbocycles. The van der Waals surface area contributed by atoms with Crippen LogP contribution in [0.4, 0.5) is 10.5 Å². The SMILES string of the molecule is CCOc1cc(/C=C2\SC(=O)N(CC(=O)N3CCOCC3)C2=O)cc(Br)c1OS(=O)(=O)c1ccc(NC(C)=O)cc1. The molecule has 2 saturated heterocycles. The summed E-state index contributed by atoms with van der Waals surface area (Å²) in [4.78, 5) is 51.7. The Morgan fingerprint density at radius 2 is 1.83 bits per heavy atom. The van der Waals surface area contributed by atoms with Crippen LogP contribution >= 0.6 is 27.7 Å². The number of imide groups is 1. The number of carbonyl (C=O) groups is 4. The Morgan fingerprint density at radius 1 is 1.15 bits per heavy atom. The minimum Gasteiger partial charge on any atom is -0.490 e. The molecule has 2 aliphatic heterocycles. The van der Waals surface area contributed by atoms with Crippen molar-refractivity contribution in [1.29, 1.82) is 0 Å². The van der Waals surface area contributed by atoms with Gasteiger partial charge >= 0.3 is 10.1 Å². The zero-order valence-corrected chi connectivity index (χ0v) is 25.3. The number of halogens is 1. The first-order valence-electron chi connectivity index (χ1n) is 12.4. The van der Waals surface area contributed by atoms with E-state index >= 15 is 0 Å². The molecule has 0 bridgehead atoms. The summed E-state index contributed by atoms with van der Waals surface area (Å²) in [5.41, 5.74) is 0.849. The lowest BCUT2D eigenvalue weighted by molar-refractivity contribution is -0.139. The second kappa shape index (κ2) is 13.1. The summed E-state index contributed by atoms with van der Waals surface area (Å²) >= 11 is 4.02. The molecule has 4 amide bonds. The van der Waals surface area contributed by atoms with Gasteiger partial charge in [0.1, 0.15) is 11.4 Å². The molecule has 4 rings (SSSR count). The Bertz CT molecular complexity index is 1500. The zero-order chi connectivity index (χ0) is 29.7. The molecule has 0 unspecified atom stereocenters. The molecule has 15 heteroatoms. The third kappa shape index (κ3) is 7.47. The van der Waals surface area contributed by atoms with E-state index in [9.17, 15) is 27.6 Å². The summed E-state index contributed by atoms with van der Waals surface area (Å²) in [5.74, 6) is -1.28. The van der Waals surface area contributed by atoms with Crippen LogP contribution in [0.25, 0.3) is 6.08 Å². The molecule has 0 radical (unpaired) electrons. The topological polar surface area (TPSA) is 149 Å². The molecule has 1 N–H and O–H groups in total. The number of nitrogens with zero attached hydrogens (tertiary/aromatic N) is 2. The van der Waals surface area contributed by atoms with E-state index in [1.54, 1.807) is 11.8 Å². The number of amides is 4. The molecule has 0 spiro atoms. The predicted molar refractivity (Wildman–Crippen MR) is 154 cm³/mol. The number of hydrogen-bond donors (Lipinski definition) is 1. The van der Waals surface area contributed by atoms with E-state index in [0.29, 0.717) is 49.3 Å². The fraction of sp³-hybridized carbons (Fsp3) is 0.308. The lowest BCUT2D eigenvalue weighted by atomic mass is 10.2. The number of rotatable bonds is 9. The molecular formula is C26H26BrN3O9S2. The minimum atomic E-state index is -4.29. The highest BCUT2D eigenvalue weighted by Gasteiger charge is 2.37. The summed E-state index contributed by atoms with van der Waals surface area (Å²) in [7, 11) is -4.29. The highest BCUT2D eigenvalue weighted by Crippen LogP contribution is 2.40. The molecule has 41 heavy (non-hydrogen) atoms. The lowest BCUT2D eigenvalue weighted by Crippen LogP contribution is -2.46. The van der Waals surface area contributed by atoms with E-state index in [1.165, 1.54) is 49.4 Å². The van der Waals surface area contributed by atoms with Gasteiger partial charge < -0.3 is 23.9 Å². The molecule has 2 aliphatic rings. The molecule has 12 nitrogen and oxygen atoms in total. The van der Waals surface area contributed by atoms with Crippen LogP contribution in [-0.4, -0.2) is 80.6 Å². The van der Waals surface area contributed by atoms with Gasteiger partial charge in [-0.1, -0.05) is 0 Å². The molecule has 0 aromatic heterocycles. The molecule has 2 aromatic carbocycles. The van der Waals surface area contributed by atoms with Crippen LogP contribution in [0.15, 0.2) is 50.7 Å². The van der Waals surface area contributed by atoms with Crippen LogP contribution in [0.2, 0.25) is 0 Å². The van der Waals surface area contributed by atoms with Crippen molar-refractivity contribution >= 4 is 72.5 Å². The van der Waals surface area contributed by atoms with Gasteiger partial charge in [0.2, 0.25) is 11.8 Å². The van der Waals surface area contributed by atoms with Gasteiger partial charge in [-0.25, -0.2) is 0 Å². The highest BCUT2D eigenvalue weighted by molar-refractivity contribution is 9.10. The van der Waals surface area contributed by atoms with Gasteiger partial charge in [-0.05, 0) is 82.7 Å². The minimum absolute atomic E-state index is 0.0771. The van der Waals surface area contributed by atoms with Crippen LogP contribution in [0.3, 0.4) is 0 Å². The van der Waals surface area contributed by atoms with Gasteiger partial charge in [0.15, 0.2) is 11.5 Å². The smallest absolute Gasteiger partial charge is 0.339 e. The molecular weight excluding hydrogens is 642 g/mol. The zero-order valence-electron chi connectivity index (χ0n) is 22.0. The lowest BCUT2D eigenvalue weighted by Gasteiger charge is -2.28. The van der Waals surface area contributed by atoms with Gasteiger partial charge in [0.25, 0.3) is 11.1 Å². The average Bonchev–Trinajstić information content (AvgIpc) is 3.18. The Labute approximate surface area is 249 Å². The third-order valence-electron chi connectivity index (χ3n) is 5.82. The quantitative estimate of drug-likeness (QED) is 0.311. The molecule has 2 aromatic rings. The van der Waals surface area contributed by atoms with E-state index in [-0.39, 0.29) is 50.7 Å². The number of hydrogen-bond acceptors (Lipinski definition) is 10. The van der Waals surface area contributed by atoms with Gasteiger partial charge in [-0.15, -0.1) is 0 Å². The van der Waals surface area contributed by atoms with Gasteiger partial charge in [-0.3, -0.25) is 24.1 Å². The van der Waals surface area contributed by atoms with Crippen LogP contribution in [0.1, 0.15) is 19.4 Å². The van der Waals surface area contributed by atoms with Crippen molar-refractivity contribution in [2.24, 2.45) is 0 Å². The van der Waals surface area contributed by atoms with Gasteiger partial charge in [0.05, 0.1) is 29.2 Å². The normalized spacial score (nSPS) is 16.7. The summed E-state index contributed by atoms with van der Waals surface area (Å²) in [6.07, 6.45) is 1.45. The maximum absolute atomic E-state index is 13.0. The highest BCUT2D eigenvalue weighted by atomic mass is 79.9. The van der Waals surface area contributed by atoms with Crippen molar-refractivity contribution in [3.63, 3.8) is 0 Å². The Morgan fingerprint density at radius 3 is 2.46 bits per heavy atom. The number of anilines is 1. The summed E-state index contributed by atoms with van der Waals surface area (Å²) in [6.45, 7) is 4.44. The number of carbonyl (C=O) groups excluding carboxylic acids is 4. The molecule has 0 atom stereocenters. The van der Waals surface area contributed by atoms with E-state index in [2.05, 4.69) is 21.2 Å². The van der Waals surface area contributed by atoms with E-state index in [1.807, 2.05) is 0 Å².